The highest BCUT2D eigenvalue weighted by Gasteiger charge is 2.04. The maximum absolute atomic E-state index is 4.94. The van der Waals surface area contributed by atoms with E-state index in [4.69, 9.17) is 4.52 Å². The van der Waals surface area contributed by atoms with Crippen LogP contribution in [0.2, 0.25) is 0 Å². The molecule has 2 aromatic rings. The van der Waals surface area contributed by atoms with Crippen LogP contribution in [0.5, 0.6) is 0 Å². The smallest absolute Gasteiger partial charge is 0.137 e. The number of hydrogen-bond acceptors (Lipinski definition) is 5. The van der Waals surface area contributed by atoms with Gasteiger partial charge in [0.1, 0.15) is 15.5 Å². The van der Waals surface area contributed by atoms with E-state index in [1.54, 1.807) is 11.3 Å². The Morgan fingerprint density at radius 1 is 1.17 bits per heavy atom. The third kappa shape index (κ3) is 5.69. The highest BCUT2D eigenvalue weighted by Crippen LogP contribution is 2.11. The lowest BCUT2D eigenvalue weighted by atomic mass is 10.1. The predicted molar refractivity (Wildman–Crippen MR) is 80.7 cm³/mol. The second-order valence-electron chi connectivity index (χ2n) is 3.32. The van der Waals surface area contributed by atoms with E-state index in [9.17, 15) is 0 Å². The van der Waals surface area contributed by atoms with Gasteiger partial charge in [-0.25, -0.2) is 0 Å². The van der Waals surface area contributed by atoms with Crippen molar-refractivity contribution >= 4 is 25.3 Å². The fourth-order valence-corrected chi connectivity index (χ4v) is 2.35. The van der Waals surface area contributed by atoms with Gasteiger partial charge in [-0.15, -0.1) is 10.2 Å². The van der Waals surface area contributed by atoms with Crippen LogP contribution in [0, 0.1) is 20.8 Å². The summed E-state index contributed by atoms with van der Waals surface area (Å²) < 4.78 is 5.89. The molecule has 102 valence electrons. The number of aromatic nitrogens is 3. The summed E-state index contributed by atoms with van der Waals surface area (Å²) in [4.78, 5) is 0. The standard InChI is InChI=1S/C7H11NO.C3H5N2PS.C2H6/c1-4-7-5(2)8-9-6(7)3;1-2-4-5-3(6)7-2;1-2/h4H2,1-3H3;6H2,1H3;1-2H3. The van der Waals surface area contributed by atoms with E-state index >= 15 is 0 Å². The zero-order valence-corrected chi connectivity index (χ0v) is 13.9. The Bertz CT molecular complexity index is 418. The van der Waals surface area contributed by atoms with Crippen molar-refractivity contribution in [3.8, 4) is 0 Å². The maximum Gasteiger partial charge on any atom is 0.137 e. The average Bonchev–Trinajstić information content (AvgIpc) is 2.89. The summed E-state index contributed by atoms with van der Waals surface area (Å²) >= 11 is 1.58. The van der Waals surface area contributed by atoms with Crippen LogP contribution in [0.3, 0.4) is 0 Å². The number of nitrogens with zero attached hydrogens (tertiary/aromatic N) is 3. The molecule has 0 amide bonds. The zero-order chi connectivity index (χ0) is 14.1. The van der Waals surface area contributed by atoms with Crippen molar-refractivity contribution in [1.29, 1.82) is 0 Å². The molecule has 0 aromatic carbocycles. The van der Waals surface area contributed by atoms with Crippen molar-refractivity contribution in [1.82, 2.24) is 15.4 Å². The minimum atomic E-state index is 0.954. The molecule has 1 unspecified atom stereocenters. The monoisotopic (exact) mass is 287 g/mol. The second-order valence-corrected chi connectivity index (χ2v) is 5.49. The lowest BCUT2D eigenvalue weighted by molar-refractivity contribution is 0.392. The first kappa shape index (κ1) is 17.2. The predicted octanol–water partition coefficient (Wildman–Crippen LogP) is 3.23. The molecule has 0 saturated heterocycles. The molecule has 0 aliphatic rings. The van der Waals surface area contributed by atoms with Gasteiger partial charge in [-0.05, 0) is 27.2 Å². The maximum atomic E-state index is 4.94. The summed E-state index contributed by atoms with van der Waals surface area (Å²) in [6.07, 6.45) is 1.02. The Labute approximate surface area is 115 Å². The first-order chi connectivity index (χ1) is 8.54. The zero-order valence-electron chi connectivity index (χ0n) is 11.9. The Balaban J connectivity index is 0.000000289. The van der Waals surface area contributed by atoms with E-state index in [1.807, 2.05) is 34.6 Å². The van der Waals surface area contributed by atoms with E-state index < -0.39 is 0 Å². The molecule has 6 heteroatoms. The van der Waals surface area contributed by atoms with Crippen LogP contribution in [-0.2, 0) is 6.42 Å². The largest absolute Gasteiger partial charge is 0.361 e. The quantitative estimate of drug-likeness (QED) is 0.756. The van der Waals surface area contributed by atoms with E-state index in [1.165, 1.54) is 5.56 Å². The Morgan fingerprint density at radius 2 is 1.78 bits per heavy atom. The van der Waals surface area contributed by atoms with Crippen LogP contribution in [0.1, 0.15) is 42.8 Å². The van der Waals surface area contributed by atoms with Crippen molar-refractivity contribution in [2.75, 3.05) is 0 Å². The molecule has 2 aromatic heterocycles. The van der Waals surface area contributed by atoms with Crippen molar-refractivity contribution in [3.63, 3.8) is 0 Å². The van der Waals surface area contributed by atoms with Gasteiger partial charge in [-0.1, -0.05) is 46.5 Å². The van der Waals surface area contributed by atoms with Gasteiger partial charge in [-0.2, -0.15) is 0 Å². The van der Waals surface area contributed by atoms with E-state index in [-0.39, 0.29) is 0 Å². The Hall–Kier alpha value is -0.800. The first-order valence-corrected chi connectivity index (χ1v) is 7.41. The molecule has 0 radical (unpaired) electrons. The summed E-state index contributed by atoms with van der Waals surface area (Å²) in [7, 11) is 2.49. The minimum Gasteiger partial charge on any atom is -0.361 e. The lowest BCUT2D eigenvalue weighted by Crippen LogP contribution is -1.83. The van der Waals surface area contributed by atoms with Crippen LogP contribution < -0.4 is 4.75 Å². The van der Waals surface area contributed by atoms with Gasteiger partial charge in [0.25, 0.3) is 0 Å². The molecule has 1 atom stereocenters. The topological polar surface area (TPSA) is 51.8 Å². The second kappa shape index (κ2) is 9.17. The van der Waals surface area contributed by atoms with Crippen LogP contribution in [-0.4, -0.2) is 15.4 Å². The van der Waals surface area contributed by atoms with E-state index in [0.717, 1.165) is 27.6 Å². The van der Waals surface area contributed by atoms with Gasteiger partial charge in [-0.3, -0.25) is 0 Å². The van der Waals surface area contributed by atoms with Gasteiger partial charge in [0.05, 0.1) is 5.69 Å². The molecule has 0 aliphatic carbocycles. The minimum absolute atomic E-state index is 0.954. The van der Waals surface area contributed by atoms with E-state index in [0.29, 0.717) is 0 Å². The summed E-state index contributed by atoms with van der Waals surface area (Å²) in [6.45, 7) is 12.0. The average molecular weight is 287 g/mol. The van der Waals surface area contributed by atoms with Crippen molar-refractivity contribution < 1.29 is 4.52 Å². The summed E-state index contributed by atoms with van der Waals surface area (Å²) in [5, 5.41) is 12.3. The van der Waals surface area contributed by atoms with Crippen LogP contribution in [0.25, 0.3) is 0 Å². The Kier molecular flexibility index (Phi) is 8.77. The third-order valence-corrected chi connectivity index (χ3v) is 3.21. The fourth-order valence-electron chi connectivity index (χ4n) is 1.32. The van der Waals surface area contributed by atoms with Crippen LogP contribution in [0.4, 0.5) is 0 Å². The molecule has 2 heterocycles. The Morgan fingerprint density at radius 3 is 1.94 bits per heavy atom. The molecule has 18 heavy (non-hydrogen) atoms. The van der Waals surface area contributed by atoms with Crippen molar-refractivity contribution in [2.45, 2.75) is 48.0 Å². The number of aryl methyl sites for hydroxylation is 3. The molecular weight excluding hydrogens is 265 g/mol. The van der Waals surface area contributed by atoms with E-state index in [2.05, 4.69) is 31.5 Å². The SMILES string of the molecule is CC.CCc1c(C)noc1C.Cc1nnc(P)s1. The van der Waals surface area contributed by atoms with Crippen molar-refractivity contribution in [3.05, 3.63) is 22.0 Å². The summed E-state index contributed by atoms with van der Waals surface area (Å²) in [6, 6.07) is 0. The van der Waals surface area contributed by atoms with Gasteiger partial charge < -0.3 is 4.52 Å². The van der Waals surface area contributed by atoms with Crippen LogP contribution in [0.15, 0.2) is 4.52 Å². The number of rotatable bonds is 1. The highest BCUT2D eigenvalue weighted by atomic mass is 32.1. The van der Waals surface area contributed by atoms with Gasteiger partial charge >= 0.3 is 0 Å². The molecule has 0 saturated carbocycles. The molecule has 0 aliphatic heterocycles. The van der Waals surface area contributed by atoms with Crippen LogP contribution >= 0.6 is 20.6 Å². The van der Waals surface area contributed by atoms with Gasteiger partial charge in [0.15, 0.2) is 0 Å². The highest BCUT2D eigenvalue weighted by molar-refractivity contribution is 7.42. The lowest BCUT2D eigenvalue weighted by Gasteiger charge is -1.88. The molecule has 0 fully saturated rings. The fraction of sp³-hybridized carbons (Fsp3) is 0.583. The molecular formula is C12H22N3OPS. The molecule has 4 nitrogen and oxygen atoms in total. The van der Waals surface area contributed by atoms with Gasteiger partial charge in [0, 0.05) is 5.56 Å². The molecule has 0 N–H and O–H groups in total. The molecule has 0 spiro atoms. The first-order valence-electron chi connectivity index (χ1n) is 6.02. The summed E-state index contributed by atoms with van der Waals surface area (Å²) in [5.41, 5.74) is 2.27. The number of hydrogen-bond donors (Lipinski definition) is 0. The molecule has 0 bridgehead atoms. The normalized spacial score (nSPS) is 9.06. The molecule has 2 rings (SSSR count). The summed E-state index contributed by atoms with van der Waals surface area (Å²) in [5.74, 6) is 0.954. The van der Waals surface area contributed by atoms with Gasteiger partial charge in [0.2, 0.25) is 0 Å². The van der Waals surface area contributed by atoms with Crippen molar-refractivity contribution in [2.24, 2.45) is 0 Å². The third-order valence-electron chi connectivity index (χ3n) is 2.08.